The summed E-state index contributed by atoms with van der Waals surface area (Å²) in [6.07, 6.45) is -0.613. The van der Waals surface area contributed by atoms with E-state index in [9.17, 15) is 14.0 Å². The molecule has 0 unspecified atom stereocenters. The quantitative estimate of drug-likeness (QED) is 0.867. The molecule has 0 aromatic heterocycles. The highest BCUT2D eigenvalue weighted by Gasteiger charge is 2.25. The fourth-order valence-electron chi connectivity index (χ4n) is 1.69. The van der Waals surface area contributed by atoms with Crippen LogP contribution in [0.15, 0.2) is 24.3 Å². The summed E-state index contributed by atoms with van der Waals surface area (Å²) in [6.45, 7) is 5.14. The molecule has 1 atom stereocenters. The van der Waals surface area contributed by atoms with E-state index in [2.05, 4.69) is 10.1 Å². The fourth-order valence-corrected chi connectivity index (χ4v) is 1.69. The van der Waals surface area contributed by atoms with E-state index in [0.717, 1.165) is 0 Å². The van der Waals surface area contributed by atoms with Gasteiger partial charge in [0.2, 0.25) is 0 Å². The maximum atomic E-state index is 13.2. The van der Waals surface area contributed by atoms with Crippen molar-refractivity contribution in [1.29, 1.82) is 0 Å². The van der Waals surface area contributed by atoms with Gasteiger partial charge >= 0.3 is 12.1 Å². The maximum absolute atomic E-state index is 13.2. The molecule has 0 aliphatic carbocycles. The standard InChI is InChI=1S/C15H20FNO4/c1-15(2,3)21-14(19)17-12(13(18)20-4)9-10-6-5-7-11(16)8-10/h5-8,12H,9H2,1-4H3,(H,17,19)/t12-/m0/s1. The van der Waals surface area contributed by atoms with E-state index in [1.54, 1.807) is 26.8 Å². The molecule has 0 heterocycles. The van der Waals surface area contributed by atoms with Crippen molar-refractivity contribution in [2.75, 3.05) is 7.11 Å². The Labute approximate surface area is 123 Å². The van der Waals surface area contributed by atoms with Gasteiger partial charge in [0.25, 0.3) is 0 Å². The van der Waals surface area contributed by atoms with E-state index < -0.39 is 29.5 Å². The van der Waals surface area contributed by atoms with E-state index in [1.165, 1.54) is 25.3 Å². The smallest absolute Gasteiger partial charge is 0.408 e. The van der Waals surface area contributed by atoms with E-state index in [0.29, 0.717) is 5.56 Å². The molecule has 0 saturated carbocycles. The highest BCUT2D eigenvalue weighted by atomic mass is 19.1. The molecule has 1 aromatic carbocycles. The zero-order valence-electron chi connectivity index (χ0n) is 12.6. The molecule has 0 bridgehead atoms. The fraction of sp³-hybridized carbons (Fsp3) is 0.467. The molecule has 5 nitrogen and oxygen atoms in total. The average molecular weight is 297 g/mol. The first-order chi connectivity index (χ1) is 9.71. The van der Waals surface area contributed by atoms with Crippen LogP contribution in [0.3, 0.4) is 0 Å². The third-order valence-electron chi connectivity index (χ3n) is 2.51. The molecule has 0 spiro atoms. The summed E-state index contributed by atoms with van der Waals surface area (Å²) < 4.78 is 22.9. The number of esters is 1. The molecular weight excluding hydrogens is 277 g/mol. The molecule has 21 heavy (non-hydrogen) atoms. The van der Waals surface area contributed by atoms with Crippen LogP contribution in [0.2, 0.25) is 0 Å². The van der Waals surface area contributed by atoms with Crippen LogP contribution in [0.25, 0.3) is 0 Å². The topological polar surface area (TPSA) is 64.6 Å². The van der Waals surface area contributed by atoms with Gasteiger partial charge in [-0.05, 0) is 38.5 Å². The summed E-state index contributed by atoms with van der Waals surface area (Å²) in [6, 6.07) is 4.86. The summed E-state index contributed by atoms with van der Waals surface area (Å²) in [4.78, 5) is 23.4. The average Bonchev–Trinajstić information content (AvgIpc) is 2.34. The number of halogens is 1. The largest absolute Gasteiger partial charge is 0.467 e. The predicted octanol–water partition coefficient (Wildman–Crippen LogP) is 2.43. The highest BCUT2D eigenvalue weighted by Crippen LogP contribution is 2.10. The van der Waals surface area contributed by atoms with Gasteiger partial charge in [-0.1, -0.05) is 12.1 Å². The first kappa shape index (κ1) is 16.9. The second-order valence-corrected chi connectivity index (χ2v) is 5.56. The van der Waals surface area contributed by atoms with Gasteiger partial charge in [0.1, 0.15) is 17.5 Å². The van der Waals surface area contributed by atoms with Gasteiger partial charge in [0.15, 0.2) is 0 Å². The maximum Gasteiger partial charge on any atom is 0.408 e. The summed E-state index contributed by atoms with van der Waals surface area (Å²) in [5.41, 5.74) is -0.106. The van der Waals surface area contributed by atoms with Crippen LogP contribution in [-0.2, 0) is 20.7 Å². The number of carbonyl (C=O) groups is 2. The van der Waals surface area contributed by atoms with Crippen molar-refractivity contribution in [3.8, 4) is 0 Å². The molecule has 6 heteroatoms. The number of methoxy groups -OCH3 is 1. The molecule has 116 valence electrons. The van der Waals surface area contributed by atoms with Crippen molar-refractivity contribution < 1.29 is 23.5 Å². The van der Waals surface area contributed by atoms with Crippen LogP contribution in [0.1, 0.15) is 26.3 Å². The summed E-state index contributed by atoms with van der Waals surface area (Å²) >= 11 is 0. The van der Waals surface area contributed by atoms with Crippen molar-refractivity contribution in [3.63, 3.8) is 0 Å². The monoisotopic (exact) mass is 297 g/mol. The number of amides is 1. The SMILES string of the molecule is COC(=O)[C@H](Cc1cccc(F)c1)NC(=O)OC(C)(C)C. The van der Waals surface area contributed by atoms with Crippen LogP contribution in [0.5, 0.6) is 0 Å². The predicted molar refractivity (Wildman–Crippen MR) is 75.3 cm³/mol. The van der Waals surface area contributed by atoms with Gasteiger partial charge in [-0.15, -0.1) is 0 Å². The highest BCUT2D eigenvalue weighted by molar-refractivity contribution is 5.81. The number of nitrogens with one attached hydrogen (secondary N) is 1. The van der Waals surface area contributed by atoms with Crippen molar-refractivity contribution in [2.24, 2.45) is 0 Å². The molecular formula is C15H20FNO4. The normalized spacial score (nSPS) is 12.4. The van der Waals surface area contributed by atoms with Gasteiger partial charge in [0, 0.05) is 6.42 Å². The number of rotatable bonds is 4. The number of ether oxygens (including phenoxy) is 2. The van der Waals surface area contributed by atoms with Gasteiger partial charge in [0.05, 0.1) is 7.11 Å². The van der Waals surface area contributed by atoms with E-state index in [4.69, 9.17) is 4.74 Å². The molecule has 1 amide bonds. The lowest BCUT2D eigenvalue weighted by atomic mass is 10.1. The number of hydrogen-bond donors (Lipinski definition) is 1. The zero-order chi connectivity index (χ0) is 16.0. The van der Waals surface area contributed by atoms with E-state index in [1.807, 2.05) is 0 Å². The minimum Gasteiger partial charge on any atom is -0.467 e. The zero-order valence-corrected chi connectivity index (χ0v) is 12.6. The van der Waals surface area contributed by atoms with Crippen molar-refractivity contribution in [1.82, 2.24) is 5.32 Å². The van der Waals surface area contributed by atoms with Crippen LogP contribution in [0.4, 0.5) is 9.18 Å². The Morgan fingerprint density at radius 3 is 2.52 bits per heavy atom. The number of benzene rings is 1. The summed E-state index contributed by atoms with van der Waals surface area (Å²) in [5, 5.41) is 2.43. The number of hydrogen-bond acceptors (Lipinski definition) is 4. The second-order valence-electron chi connectivity index (χ2n) is 5.56. The molecule has 0 saturated heterocycles. The van der Waals surface area contributed by atoms with Gasteiger partial charge < -0.3 is 14.8 Å². The second kappa shape index (κ2) is 7.06. The molecule has 0 fully saturated rings. The first-order valence-electron chi connectivity index (χ1n) is 6.53. The van der Waals surface area contributed by atoms with Gasteiger partial charge in [-0.3, -0.25) is 0 Å². The van der Waals surface area contributed by atoms with Crippen LogP contribution in [-0.4, -0.2) is 30.8 Å². The Morgan fingerprint density at radius 2 is 2.00 bits per heavy atom. The van der Waals surface area contributed by atoms with Crippen LogP contribution in [0, 0.1) is 5.82 Å². The lowest BCUT2D eigenvalue weighted by molar-refractivity contribution is -0.143. The van der Waals surface area contributed by atoms with E-state index in [-0.39, 0.29) is 6.42 Å². The van der Waals surface area contributed by atoms with Crippen molar-refractivity contribution in [2.45, 2.75) is 38.8 Å². The minimum atomic E-state index is -0.938. The summed E-state index contributed by atoms with van der Waals surface area (Å²) in [5.74, 6) is -1.03. The number of carbonyl (C=O) groups excluding carboxylic acids is 2. The Kier molecular flexibility index (Phi) is 5.69. The third kappa shape index (κ3) is 6.25. The van der Waals surface area contributed by atoms with Crippen molar-refractivity contribution in [3.05, 3.63) is 35.6 Å². The first-order valence-corrected chi connectivity index (χ1v) is 6.53. The van der Waals surface area contributed by atoms with Crippen molar-refractivity contribution >= 4 is 12.1 Å². The lowest BCUT2D eigenvalue weighted by Gasteiger charge is -2.22. The van der Waals surface area contributed by atoms with E-state index >= 15 is 0 Å². The lowest BCUT2D eigenvalue weighted by Crippen LogP contribution is -2.45. The Balaban J connectivity index is 2.77. The minimum absolute atomic E-state index is 0.115. The molecule has 0 radical (unpaired) electrons. The molecule has 1 N–H and O–H groups in total. The Hall–Kier alpha value is -2.11. The van der Waals surface area contributed by atoms with Gasteiger partial charge in [-0.25, -0.2) is 14.0 Å². The molecule has 0 aliphatic heterocycles. The Bertz CT molecular complexity index is 511. The molecule has 0 aliphatic rings. The summed E-state index contributed by atoms with van der Waals surface area (Å²) in [7, 11) is 1.22. The van der Waals surface area contributed by atoms with Gasteiger partial charge in [-0.2, -0.15) is 0 Å². The molecule has 1 aromatic rings. The third-order valence-corrected chi connectivity index (χ3v) is 2.51. The number of alkyl carbamates (subject to hydrolysis) is 1. The van der Waals surface area contributed by atoms with Crippen LogP contribution >= 0.6 is 0 Å². The molecule has 1 rings (SSSR count). The van der Waals surface area contributed by atoms with Crippen LogP contribution < -0.4 is 5.32 Å². The Morgan fingerprint density at radius 1 is 1.33 bits per heavy atom.